The maximum Gasteiger partial charge on any atom is 0.260 e. The number of aryl methyl sites for hydroxylation is 1. The van der Waals surface area contributed by atoms with Crippen molar-refractivity contribution >= 4 is 17.5 Å². The first-order chi connectivity index (χ1) is 13.7. The van der Waals surface area contributed by atoms with E-state index in [1.165, 1.54) is 0 Å². The van der Waals surface area contributed by atoms with Crippen molar-refractivity contribution in [3.63, 3.8) is 0 Å². The number of fused-ring (bicyclic) bond motifs is 1. The van der Waals surface area contributed by atoms with Gasteiger partial charge in [-0.05, 0) is 18.6 Å². The molecule has 8 heteroatoms. The molecule has 1 saturated heterocycles. The summed E-state index contributed by atoms with van der Waals surface area (Å²) in [4.78, 5) is 21.1. The van der Waals surface area contributed by atoms with Crippen molar-refractivity contribution in [3.8, 4) is 5.75 Å². The van der Waals surface area contributed by atoms with E-state index in [1.807, 2.05) is 39.6 Å². The van der Waals surface area contributed by atoms with Crippen LogP contribution in [0.1, 0.15) is 19.0 Å². The second kappa shape index (κ2) is 8.24. The fourth-order valence-electron chi connectivity index (χ4n) is 3.41. The molecule has 3 heterocycles. The normalized spacial score (nSPS) is 14.5. The Kier molecular flexibility index (Phi) is 5.36. The van der Waals surface area contributed by atoms with E-state index >= 15 is 0 Å². The molecule has 146 valence electrons. The van der Waals surface area contributed by atoms with Crippen molar-refractivity contribution in [1.29, 1.82) is 0 Å². The summed E-state index contributed by atoms with van der Waals surface area (Å²) in [5.41, 5.74) is 1.15. The van der Waals surface area contributed by atoms with E-state index in [-0.39, 0.29) is 12.5 Å². The van der Waals surface area contributed by atoms with Gasteiger partial charge in [0.15, 0.2) is 6.61 Å². The summed E-state index contributed by atoms with van der Waals surface area (Å²) in [7, 11) is 0. The highest BCUT2D eigenvalue weighted by Crippen LogP contribution is 2.18. The van der Waals surface area contributed by atoms with Gasteiger partial charge in [-0.2, -0.15) is 4.98 Å². The molecule has 4 rings (SSSR count). The lowest BCUT2D eigenvalue weighted by Crippen LogP contribution is -2.50. The molecule has 2 aromatic heterocycles. The average Bonchev–Trinajstić information content (AvgIpc) is 3.22. The van der Waals surface area contributed by atoms with E-state index in [0.29, 0.717) is 24.6 Å². The van der Waals surface area contributed by atoms with Crippen LogP contribution < -0.4 is 9.64 Å². The number of nitrogens with zero attached hydrogens (tertiary/aromatic N) is 6. The molecule has 8 nitrogen and oxygen atoms in total. The number of amides is 1. The number of piperazine rings is 1. The Morgan fingerprint density at radius 1 is 1.14 bits per heavy atom. The van der Waals surface area contributed by atoms with Crippen molar-refractivity contribution in [2.75, 3.05) is 37.7 Å². The Morgan fingerprint density at radius 3 is 2.68 bits per heavy atom. The Bertz CT molecular complexity index is 934. The lowest BCUT2D eigenvalue weighted by molar-refractivity contribution is -0.133. The maximum atomic E-state index is 12.4. The first kappa shape index (κ1) is 18.2. The predicted molar refractivity (Wildman–Crippen MR) is 106 cm³/mol. The van der Waals surface area contributed by atoms with E-state index in [4.69, 9.17) is 4.74 Å². The van der Waals surface area contributed by atoms with Gasteiger partial charge in [0.2, 0.25) is 0 Å². The van der Waals surface area contributed by atoms with Gasteiger partial charge in [0.25, 0.3) is 11.7 Å². The zero-order chi connectivity index (χ0) is 19.3. The van der Waals surface area contributed by atoms with Crippen LogP contribution in [0, 0.1) is 0 Å². The number of benzene rings is 1. The van der Waals surface area contributed by atoms with Gasteiger partial charge >= 0.3 is 0 Å². The number of hydrogen-bond acceptors (Lipinski definition) is 6. The zero-order valence-electron chi connectivity index (χ0n) is 16.0. The van der Waals surface area contributed by atoms with Crippen molar-refractivity contribution in [1.82, 2.24) is 24.5 Å². The highest BCUT2D eigenvalue weighted by molar-refractivity contribution is 5.78. The van der Waals surface area contributed by atoms with Crippen molar-refractivity contribution in [2.24, 2.45) is 0 Å². The standard InChI is InChI=1S/C20H24N6O2/c1-2-6-16-13-18(22-20-23-21-15-26(16)20)24-9-11-25(12-10-24)19(27)14-28-17-7-4-3-5-8-17/h3-5,7-8,13,15H,2,6,9-12,14H2,1H3. The minimum absolute atomic E-state index is 0.0102. The van der Waals surface area contributed by atoms with Crippen LogP contribution in [0.5, 0.6) is 5.75 Å². The Morgan fingerprint density at radius 2 is 1.93 bits per heavy atom. The van der Waals surface area contributed by atoms with Gasteiger partial charge in [-0.3, -0.25) is 9.20 Å². The minimum Gasteiger partial charge on any atom is -0.484 e. The predicted octanol–water partition coefficient (Wildman–Crippen LogP) is 1.80. The van der Waals surface area contributed by atoms with Gasteiger partial charge in [-0.1, -0.05) is 31.5 Å². The second-order valence-electron chi connectivity index (χ2n) is 6.83. The quantitative estimate of drug-likeness (QED) is 0.649. The van der Waals surface area contributed by atoms with E-state index < -0.39 is 0 Å². The van der Waals surface area contributed by atoms with E-state index in [1.54, 1.807) is 6.33 Å². The summed E-state index contributed by atoms with van der Waals surface area (Å²) in [5, 5.41) is 8.08. The maximum absolute atomic E-state index is 12.4. The molecular weight excluding hydrogens is 356 g/mol. The molecule has 0 bridgehead atoms. The first-order valence-corrected chi connectivity index (χ1v) is 9.65. The zero-order valence-corrected chi connectivity index (χ0v) is 16.0. The van der Waals surface area contributed by atoms with Crippen LogP contribution in [-0.4, -0.2) is 63.2 Å². The summed E-state index contributed by atoms with van der Waals surface area (Å²) in [6, 6.07) is 11.5. The highest BCUT2D eigenvalue weighted by Gasteiger charge is 2.23. The molecule has 0 saturated carbocycles. The number of aromatic nitrogens is 4. The topological polar surface area (TPSA) is 75.9 Å². The molecule has 0 unspecified atom stereocenters. The molecule has 28 heavy (non-hydrogen) atoms. The molecular formula is C20H24N6O2. The third-order valence-electron chi connectivity index (χ3n) is 4.92. The van der Waals surface area contributed by atoms with E-state index in [0.717, 1.165) is 37.4 Å². The second-order valence-corrected chi connectivity index (χ2v) is 6.83. The summed E-state index contributed by atoms with van der Waals surface area (Å²) in [5.74, 6) is 2.24. The van der Waals surface area contributed by atoms with Gasteiger partial charge in [-0.15, -0.1) is 10.2 Å². The van der Waals surface area contributed by atoms with Gasteiger partial charge in [0, 0.05) is 37.9 Å². The lowest BCUT2D eigenvalue weighted by atomic mass is 10.2. The molecule has 0 N–H and O–H groups in total. The SMILES string of the molecule is CCCc1cc(N2CCN(C(=O)COc3ccccc3)CC2)nc2nncn12. The molecule has 1 amide bonds. The van der Waals surface area contributed by atoms with Crippen LogP contribution in [0.3, 0.4) is 0 Å². The van der Waals surface area contributed by atoms with Crippen LogP contribution in [-0.2, 0) is 11.2 Å². The number of hydrogen-bond donors (Lipinski definition) is 0. The lowest BCUT2D eigenvalue weighted by Gasteiger charge is -2.35. The fraction of sp³-hybridized carbons (Fsp3) is 0.400. The van der Waals surface area contributed by atoms with Crippen molar-refractivity contribution in [2.45, 2.75) is 19.8 Å². The minimum atomic E-state index is 0.0102. The Balaban J connectivity index is 1.37. The van der Waals surface area contributed by atoms with Crippen LogP contribution in [0.4, 0.5) is 5.82 Å². The number of ether oxygens (including phenoxy) is 1. The molecule has 1 aliphatic heterocycles. The van der Waals surface area contributed by atoms with Crippen LogP contribution >= 0.6 is 0 Å². The van der Waals surface area contributed by atoms with Crippen LogP contribution in [0.15, 0.2) is 42.7 Å². The molecule has 1 fully saturated rings. The first-order valence-electron chi connectivity index (χ1n) is 9.65. The number of para-hydroxylation sites is 1. The fourth-order valence-corrected chi connectivity index (χ4v) is 3.41. The highest BCUT2D eigenvalue weighted by atomic mass is 16.5. The van der Waals surface area contributed by atoms with Crippen LogP contribution in [0.2, 0.25) is 0 Å². The van der Waals surface area contributed by atoms with Crippen molar-refractivity contribution in [3.05, 3.63) is 48.4 Å². The Hall–Kier alpha value is -3.16. The molecule has 1 aliphatic rings. The summed E-state index contributed by atoms with van der Waals surface area (Å²) < 4.78 is 7.52. The molecule has 0 aliphatic carbocycles. The van der Waals surface area contributed by atoms with Gasteiger partial charge in [0.05, 0.1) is 0 Å². The van der Waals surface area contributed by atoms with E-state index in [9.17, 15) is 4.79 Å². The third kappa shape index (κ3) is 3.90. The largest absolute Gasteiger partial charge is 0.484 e. The molecule has 0 radical (unpaired) electrons. The van der Waals surface area contributed by atoms with E-state index in [2.05, 4.69) is 33.1 Å². The number of carbonyl (C=O) groups excluding carboxylic acids is 1. The average molecular weight is 380 g/mol. The molecule has 1 aromatic carbocycles. The number of carbonyl (C=O) groups is 1. The third-order valence-corrected chi connectivity index (χ3v) is 4.92. The summed E-state index contributed by atoms with van der Waals surface area (Å²) >= 11 is 0. The molecule has 0 spiro atoms. The van der Waals surface area contributed by atoms with Gasteiger partial charge < -0.3 is 14.5 Å². The monoisotopic (exact) mass is 380 g/mol. The summed E-state index contributed by atoms with van der Waals surface area (Å²) in [6.07, 6.45) is 3.69. The smallest absolute Gasteiger partial charge is 0.260 e. The van der Waals surface area contributed by atoms with Gasteiger partial charge in [-0.25, -0.2) is 0 Å². The molecule has 3 aromatic rings. The number of anilines is 1. The van der Waals surface area contributed by atoms with Crippen molar-refractivity contribution < 1.29 is 9.53 Å². The molecule has 0 atom stereocenters. The summed E-state index contributed by atoms with van der Waals surface area (Å²) in [6.45, 7) is 4.99. The van der Waals surface area contributed by atoms with Gasteiger partial charge in [0.1, 0.15) is 17.9 Å². The number of rotatable bonds is 6. The Labute approximate surface area is 163 Å². The van der Waals surface area contributed by atoms with Crippen LogP contribution in [0.25, 0.3) is 5.78 Å².